The van der Waals surface area contributed by atoms with Crippen LogP contribution in [-0.2, 0) is 17.8 Å². The minimum Gasteiger partial charge on any atom is -0.496 e. The molecule has 0 aliphatic heterocycles. The van der Waals surface area contributed by atoms with Gasteiger partial charge in [-0.15, -0.1) is 0 Å². The Morgan fingerprint density at radius 3 is 2.62 bits per heavy atom. The molecule has 0 saturated heterocycles. The highest BCUT2D eigenvalue weighted by Gasteiger charge is 2.08. The van der Waals surface area contributed by atoms with E-state index >= 15 is 0 Å². The van der Waals surface area contributed by atoms with Crippen molar-refractivity contribution in [3.63, 3.8) is 0 Å². The molecule has 0 fully saturated rings. The Morgan fingerprint density at radius 1 is 1.14 bits per heavy atom. The maximum Gasteiger partial charge on any atom is 0.224 e. The van der Waals surface area contributed by atoms with Crippen molar-refractivity contribution < 1.29 is 14.3 Å². The lowest BCUT2D eigenvalue weighted by atomic mass is 10.1. The van der Waals surface area contributed by atoms with Crippen molar-refractivity contribution in [2.45, 2.75) is 13.0 Å². The van der Waals surface area contributed by atoms with Crippen LogP contribution in [0.1, 0.15) is 11.1 Å². The SMILES string of the molecule is COc1ccc(CNC(=O)Cc2ccccc2OC)cn1. The van der Waals surface area contributed by atoms with Gasteiger partial charge in [0, 0.05) is 24.4 Å². The van der Waals surface area contributed by atoms with E-state index in [-0.39, 0.29) is 12.3 Å². The first-order valence-corrected chi connectivity index (χ1v) is 6.60. The number of nitrogens with zero attached hydrogens (tertiary/aromatic N) is 1. The first-order chi connectivity index (χ1) is 10.2. The minimum absolute atomic E-state index is 0.0599. The van der Waals surface area contributed by atoms with Crippen LogP contribution >= 0.6 is 0 Å². The fourth-order valence-corrected chi connectivity index (χ4v) is 1.92. The number of nitrogens with one attached hydrogen (secondary N) is 1. The maximum absolute atomic E-state index is 12.0. The van der Waals surface area contributed by atoms with Crippen LogP contribution in [0.2, 0.25) is 0 Å². The Balaban J connectivity index is 1.89. The molecule has 2 rings (SSSR count). The third-order valence-electron chi connectivity index (χ3n) is 3.04. The van der Waals surface area contributed by atoms with Gasteiger partial charge in [-0.05, 0) is 11.6 Å². The first kappa shape index (κ1) is 14.8. The van der Waals surface area contributed by atoms with Crippen LogP contribution in [0.3, 0.4) is 0 Å². The minimum atomic E-state index is -0.0599. The molecule has 1 heterocycles. The van der Waals surface area contributed by atoms with Crippen molar-refractivity contribution in [2.24, 2.45) is 0 Å². The number of hydrogen-bond donors (Lipinski definition) is 1. The molecule has 0 saturated carbocycles. The van der Waals surface area contributed by atoms with Crippen LogP contribution < -0.4 is 14.8 Å². The number of aromatic nitrogens is 1. The molecule has 5 heteroatoms. The van der Waals surface area contributed by atoms with Crippen molar-refractivity contribution in [1.29, 1.82) is 0 Å². The van der Waals surface area contributed by atoms with Crippen molar-refractivity contribution in [3.8, 4) is 11.6 Å². The third kappa shape index (κ3) is 4.21. The quantitative estimate of drug-likeness (QED) is 0.882. The zero-order valence-corrected chi connectivity index (χ0v) is 12.1. The number of carbonyl (C=O) groups excluding carboxylic acids is 1. The molecule has 2 aromatic rings. The van der Waals surface area contributed by atoms with Gasteiger partial charge in [0.1, 0.15) is 5.75 Å². The summed E-state index contributed by atoms with van der Waals surface area (Å²) >= 11 is 0. The number of hydrogen-bond acceptors (Lipinski definition) is 4. The summed E-state index contributed by atoms with van der Waals surface area (Å²) in [5, 5.41) is 2.86. The molecule has 1 N–H and O–H groups in total. The van der Waals surface area contributed by atoms with Gasteiger partial charge in [0.15, 0.2) is 0 Å². The number of ether oxygens (including phenoxy) is 2. The largest absolute Gasteiger partial charge is 0.496 e. The molecule has 1 aromatic carbocycles. The second-order valence-electron chi connectivity index (χ2n) is 4.47. The van der Waals surface area contributed by atoms with E-state index < -0.39 is 0 Å². The average Bonchev–Trinajstić information content (AvgIpc) is 2.54. The third-order valence-corrected chi connectivity index (χ3v) is 3.04. The van der Waals surface area contributed by atoms with Crippen LogP contribution in [0, 0.1) is 0 Å². The van der Waals surface area contributed by atoms with Crippen molar-refractivity contribution >= 4 is 5.91 Å². The average molecular weight is 286 g/mol. The molecule has 0 spiro atoms. The maximum atomic E-state index is 12.0. The van der Waals surface area contributed by atoms with Gasteiger partial charge < -0.3 is 14.8 Å². The van der Waals surface area contributed by atoms with Gasteiger partial charge in [0.05, 0.1) is 20.6 Å². The normalized spacial score (nSPS) is 10.0. The molecule has 1 aromatic heterocycles. The fraction of sp³-hybridized carbons (Fsp3) is 0.250. The van der Waals surface area contributed by atoms with Gasteiger partial charge in [0.2, 0.25) is 11.8 Å². The van der Waals surface area contributed by atoms with Crippen LogP contribution in [0.4, 0.5) is 0 Å². The van der Waals surface area contributed by atoms with Crippen LogP contribution in [-0.4, -0.2) is 25.1 Å². The lowest BCUT2D eigenvalue weighted by Crippen LogP contribution is -2.24. The van der Waals surface area contributed by atoms with Gasteiger partial charge >= 0.3 is 0 Å². The summed E-state index contributed by atoms with van der Waals surface area (Å²) in [6.45, 7) is 0.435. The number of methoxy groups -OCH3 is 2. The molecule has 0 bridgehead atoms. The number of pyridine rings is 1. The van der Waals surface area contributed by atoms with E-state index in [1.54, 1.807) is 26.5 Å². The molecule has 5 nitrogen and oxygen atoms in total. The predicted octanol–water partition coefficient (Wildman–Crippen LogP) is 1.96. The van der Waals surface area contributed by atoms with E-state index in [4.69, 9.17) is 9.47 Å². The fourth-order valence-electron chi connectivity index (χ4n) is 1.92. The van der Waals surface area contributed by atoms with Gasteiger partial charge in [-0.1, -0.05) is 24.3 Å². The molecular formula is C16H18N2O3. The highest BCUT2D eigenvalue weighted by Crippen LogP contribution is 2.17. The van der Waals surface area contributed by atoms with Crippen LogP contribution in [0.15, 0.2) is 42.6 Å². The summed E-state index contributed by atoms with van der Waals surface area (Å²) in [6, 6.07) is 11.1. The Hall–Kier alpha value is -2.56. The Morgan fingerprint density at radius 2 is 1.95 bits per heavy atom. The molecule has 1 amide bonds. The molecule has 21 heavy (non-hydrogen) atoms. The lowest BCUT2D eigenvalue weighted by Gasteiger charge is -2.09. The van der Waals surface area contributed by atoms with E-state index in [0.29, 0.717) is 12.4 Å². The number of carbonyl (C=O) groups is 1. The van der Waals surface area contributed by atoms with E-state index in [0.717, 1.165) is 16.9 Å². The summed E-state index contributed by atoms with van der Waals surface area (Å²) in [5.74, 6) is 1.22. The van der Waals surface area contributed by atoms with E-state index in [1.165, 1.54) is 0 Å². The van der Waals surface area contributed by atoms with E-state index in [9.17, 15) is 4.79 Å². The summed E-state index contributed by atoms with van der Waals surface area (Å²) < 4.78 is 10.2. The highest BCUT2D eigenvalue weighted by molar-refractivity contribution is 5.79. The monoisotopic (exact) mass is 286 g/mol. The summed E-state index contributed by atoms with van der Waals surface area (Å²) in [4.78, 5) is 16.1. The molecule has 0 atom stereocenters. The van der Waals surface area contributed by atoms with Gasteiger partial charge in [0.25, 0.3) is 0 Å². The first-order valence-electron chi connectivity index (χ1n) is 6.60. The van der Waals surface area contributed by atoms with E-state index in [2.05, 4.69) is 10.3 Å². The zero-order valence-electron chi connectivity index (χ0n) is 12.1. The van der Waals surface area contributed by atoms with Crippen LogP contribution in [0.5, 0.6) is 11.6 Å². The summed E-state index contributed by atoms with van der Waals surface area (Å²) in [7, 11) is 3.16. The predicted molar refractivity (Wildman–Crippen MR) is 79.3 cm³/mol. The second-order valence-corrected chi connectivity index (χ2v) is 4.47. The number of rotatable bonds is 6. The molecule has 0 aliphatic carbocycles. The Bertz CT molecular complexity index is 597. The molecule has 0 aliphatic rings. The molecular weight excluding hydrogens is 268 g/mol. The molecule has 110 valence electrons. The topological polar surface area (TPSA) is 60.5 Å². The number of benzene rings is 1. The van der Waals surface area contributed by atoms with Crippen LogP contribution in [0.25, 0.3) is 0 Å². The van der Waals surface area contributed by atoms with Crippen molar-refractivity contribution in [1.82, 2.24) is 10.3 Å². The van der Waals surface area contributed by atoms with Gasteiger partial charge in [-0.3, -0.25) is 4.79 Å². The summed E-state index contributed by atoms with van der Waals surface area (Å²) in [5.41, 5.74) is 1.79. The van der Waals surface area contributed by atoms with Gasteiger partial charge in [-0.25, -0.2) is 4.98 Å². The highest BCUT2D eigenvalue weighted by atomic mass is 16.5. The Kier molecular flexibility index (Phi) is 5.15. The molecule has 0 unspecified atom stereocenters. The smallest absolute Gasteiger partial charge is 0.224 e. The van der Waals surface area contributed by atoms with E-state index in [1.807, 2.05) is 30.3 Å². The van der Waals surface area contributed by atoms with Gasteiger partial charge in [-0.2, -0.15) is 0 Å². The second kappa shape index (κ2) is 7.28. The lowest BCUT2D eigenvalue weighted by molar-refractivity contribution is -0.120. The number of para-hydroxylation sites is 1. The molecule has 0 radical (unpaired) electrons. The van der Waals surface area contributed by atoms with Crippen molar-refractivity contribution in [2.75, 3.05) is 14.2 Å². The Labute approximate surface area is 123 Å². The van der Waals surface area contributed by atoms with Crippen molar-refractivity contribution in [3.05, 3.63) is 53.7 Å². The standard InChI is InChI=1S/C16H18N2O3/c1-20-14-6-4-3-5-13(14)9-15(19)17-10-12-7-8-16(21-2)18-11-12/h3-8,11H,9-10H2,1-2H3,(H,17,19). The zero-order chi connectivity index (χ0) is 15.1. The number of amides is 1. The summed E-state index contributed by atoms with van der Waals surface area (Å²) in [6.07, 6.45) is 1.97.